The minimum absolute atomic E-state index is 0.0948. The van der Waals surface area contributed by atoms with Gasteiger partial charge in [0.2, 0.25) is 0 Å². The fourth-order valence-electron chi connectivity index (χ4n) is 3.11. The van der Waals surface area contributed by atoms with Crippen molar-refractivity contribution in [1.82, 2.24) is 4.98 Å². The molecule has 0 radical (unpaired) electrons. The maximum atomic E-state index is 12.2. The number of hydrogen-bond donors (Lipinski definition) is 1. The number of nitrogens with one attached hydrogen (secondary N) is 1. The van der Waals surface area contributed by atoms with Crippen LogP contribution in [-0.2, 0) is 6.42 Å². The van der Waals surface area contributed by atoms with Crippen LogP contribution in [0.2, 0.25) is 0 Å². The molecule has 0 saturated carbocycles. The number of aromatic nitrogens is 1. The summed E-state index contributed by atoms with van der Waals surface area (Å²) in [5.74, 6) is -0.199. The lowest BCUT2D eigenvalue weighted by molar-refractivity contribution is 0.0981. The third-order valence-electron chi connectivity index (χ3n) is 3.95. The Kier molecular flexibility index (Phi) is 3.41. The molecule has 0 aliphatic carbocycles. The summed E-state index contributed by atoms with van der Waals surface area (Å²) >= 11 is 0. The number of rotatable bonds is 4. The highest BCUT2D eigenvalue weighted by Gasteiger charge is 2.21. The van der Waals surface area contributed by atoms with E-state index in [9.17, 15) is 9.59 Å². The zero-order valence-corrected chi connectivity index (χ0v) is 12.7. The van der Waals surface area contributed by atoms with Crippen molar-refractivity contribution in [1.29, 1.82) is 0 Å². The summed E-state index contributed by atoms with van der Waals surface area (Å²) in [6.07, 6.45) is 2.32. The third kappa shape index (κ3) is 2.06. The highest BCUT2D eigenvalue weighted by Crippen LogP contribution is 2.32. The molecular formula is C19H17NO2. The van der Waals surface area contributed by atoms with Crippen molar-refractivity contribution in [2.75, 3.05) is 0 Å². The van der Waals surface area contributed by atoms with Crippen molar-refractivity contribution in [2.24, 2.45) is 0 Å². The maximum absolute atomic E-state index is 12.2. The third-order valence-corrected chi connectivity index (χ3v) is 3.95. The fraction of sp³-hybridized carbons (Fsp3) is 0.158. The van der Waals surface area contributed by atoms with E-state index in [-0.39, 0.29) is 11.6 Å². The largest absolute Gasteiger partial charge is 0.354 e. The topological polar surface area (TPSA) is 49.9 Å². The summed E-state index contributed by atoms with van der Waals surface area (Å²) in [6.45, 7) is 6.76. The molecule has 0 aliphatic heterocycles. The molecular weight excluding hydrogens is 274 g/mol. The van der Waals surface area contributed by atoms with Crippen molar-refractivity contribution in [3.8, 4) is 0 Å². The van der Waals surface area contributed by atoms with Gasteiger partial charge in [-0.25, -0.2) is 0 Å². The number of carbonyl (C=O) groups excluding carboxylic acids is 2. The lowest BCUT2D eigenvalue weighted by Gasteiger charge is -2.11. The zero-order chi connectivity index (χ0) is 15.9. The second kappa shape index (κ2) is 5.26. The average Bonchev–Trinajstić information content (AvgIpc) is 2.84. The molecule has 0 bridgehead atoms. The highest BCUT2D eigenvalue weighted by atomic mass is 16.1. The van der Waals surface area contributed by atoms with E-state index in [1.807, 2.05) is 30.3 Å². The Hall–Kier alpha value is -2.68. The van der Waals surface area contributed by atoms with Crippen molar-refractivity contribution in [3.05, 3.63) is 59.7 Å². The van der Waals surface area contributed by atoms with Crippen molar-refractivity contribution < 1.29 is 9.59 Å². The molecule has 0 saturated heterocycles. The second-order valence-corrected chi connectivity index (χ2v) is 5.48. The predicted molar refractivity (Wildman–Crippen MR) is 89.7 cm³/mol. The van der Waals surface area contributed by atoms with Crippen LogP contribution >= 0.6 is 0 Å². The minimum atomic E-state index is -0.104. The van der Waals surface area contributed by atoms with Gasteiger partial charge in [0.15, 0.2) is 11.6 Å². The molecule has 1 aromatic heterocycles. The highest BCUT2D eigenvalue weighted by molar-refractivity contribution is 6.20. The molecule has 0 amide bonds. The van der Waals surface area contributed by atoms with Gasteiger partial charge in [0, 0.05) is 21.9 Å². The van der Waals surface area contributed by atoms with Gasteiger partial charge in [-0.05, 0) is 38.0 Å². The number of ketones is 2. The summed E-state index contributed by atoms with van der Waals surface area (Å²) in [5, 5.41) is 2.03. The van der Waals surface area contributed by atoms with Crippen LogP contribution in [0.3, 0.4) is 0 Å². The first-order valence-electron chi connectivity index (χ1n) is 7.23. The van der Waals surface area contributed by atoms with Crippen LogP contribution in [0.4, 0.5) is 0 Å². The van der Waals surface area contributed by atoms with Crippen LogP contribution in [0.5, 0.6) is 0 Å². The maximum Gasteiger partial charge on any atom is 0.162 e. The van der Waals surface area contributed by atoms with Gasteiger partial charge in [0.05, 0.1) is 11.1 Å². The zero-order valence-electron chi connectivity index (χ0n) is 12.7. The number of aromatic amines is 1. The smallest absolute Gasteiger partial charge is 0.162 e. The molecule has 0 fully saturated rings. The Morgan fingerprint density at radius 1 is 1.09 bits per heavy atom. The van der Waals surface area contributed by atoms with E-state index in [1.165, 1.54) is 13.8 Å². The van der Waals surface area contributed by atoms with Gasteiger partial charge in [-0.15, -0.1) is 6.58 Å². The predicted octanol–water partition coefficient (Wildman–Crippen LogP) is 4.45. The van der Waals surface area contributed by atoms with Crippen LogP contribution in [0.15, 0.2) is 43.0 Å². The Morgan fingerprint density at radius 2 is 1.77 bits per heavy atom. The number of hydrogen-bond acceptors (Lipinski definition) is 2. The van der Waals surface area contributed by atoms with E-state index in [0.29, 0.717) is 17.5 Å². The van der Waals surface area contributed by atoms with Gasteiger partial charge in [0.1, 0.15) is 0 Å². The van der Waals surface area contributed by atoms with Crippen molar-refractivity contribution in [2.45, 2.75) is 20.3 Å². The Labute approximate surface area is 128 Å². The molecule has 3 aromatic rings. The van der Waals surface area contributed by atoms with Gasteiger partial charge in [0.25, 0.3) is 0 Å². The first kappa shape index (κ1) is 14.3. The molecule has 0 unspecified atom stereocenters. The SMILES string of the molecule is C=CCc1cc2c([nH]c3ccccc32)c(C(C)=O)c1C(C)=O. The number of carbonyl (C=O) groups is 2. The first-order valence-corrected chi connectivity index (χ1v) is 7.23. The monoisotopic (exact) mass is 291 g/mol. The Bertz CT molecular complexity index is 931. The van der Waals surface area contributed by atoms with E-state index in [2.05, 4.69) is 11.6 Å². The normalized spacial score (nSPS) is 11.0. The van der Waals surface area contributed by atoms with Crippen molar-refractivity contribution >= 4 is 33.4 Å². The van der Waals surface area contributed by atoms with Crippen LogP contribution < -0.4 is 0 Å². The lowest BCUT2D eigenvalue weighted by Crippen LogP contribution is -2.09. The molecule has 3 rings (SSSR count). The summed E-state index contributed by atoms with van der Waals surface area (Å²) in [4.78, 5) is 27.6. The van der Waals surface area contributed by atoms with E-state index >= 15 is 0 Å². The average molecular weight is 291 g/mol. The van der Waals surface area contributed by atoms with Crippen LogP contribution in [0.1, 0.15) is 40.1 Å². The fourth-order valence-corrected chi connectivity index (χ4v) is 3.11. The lowest BCUT2D eigenvalue weighted by atomic mass is 9.91. The molecule has 3 heteroatoms. The van der Waals surface area contributed by atoms with E-state index in [0.717, 1.165) is 27.4 Å². The van der Waals surface area contributed by atoms with Gasteiger partial charge < -0.3 is 4.98 Å². The number of para-hydroxylation sites is 1. The summed E-state index contributed by atoms with van der Waals surface area (Å²) in [5.41, 5.74) is 3.55. The van der Waals surface area contributed by atoms with E-state index < -0.39 is 0 Å². The van der Waals surface area contributed by atoms with Gasteiger partial charge in [-0.3, -0.25) is 9.59 Å². The van der Waals surface area contributed by atoms with E-state index in [1.54, 1.807) is 6.08 Å². The summed E-state index contributed by atoms with van der Waals surface area (Å²) in [6, 6.07) is 9.90. The Morgan fingerprint density at radius 3 is 2.41 bits per heavy atom. The number of allylic oxidation sites excluding steroid dienone is 1. The minimum Gasteiger partial charge on any atom is -0.354 e. The number of benzene rings is 2. The van der Waals surface area contributed by atoms with E-state index in [4.69, 9.17) is 0 Å². The summed E-state index contributed by atoms with van der Waals surface area (Å²) in [7, 11) is 0. The Balaban J connectivity index is 2.55. The second-order valence-electron chi connectivity index (χ2n) is 5.48. The van der Waals surface area contributed by atoms with Gasteiger partial charge >= 0.3 is 0 Å². The van der Waals surface area contributed by atoms with Crippen LogP contribution in [-0.4, -0.2) is 16.6 Å². The molecule has 1 N–H and O–H groups in total. The number of fused-ring (bicyclic) bond motifs is 3. The van der Waals surface area contributed by atoms with Gasteiger partial charge in [-0.1, -0.05) is 24.3 Å². The molecule has 3 nitrogen and oxygen atoms in total. The van der Waals surface area contributed by atoms with Gasteiger partial charge in [-0.2, -0.15) is 0 Å². The standard InChI is InChI=1S/C19H17NO2/c1-4-7-13-10-15-14-8-5-6-9-16(14)20-19(15)18(12(3)22)17(13)11(2)21/h4-6,8-10,20H,1,7H2,2-3H3. The number of H-pyrrole nitrogens is 1. The first-order chi connectivity index (χ1) is 10.5. The molecule has 0 atom stereocenters. The molecule has 1 heterocycles. The van der Waals surface area contributed by atoms with Crippen LogP contribution in [0.25, 0.3) is 21.8 Å². The molecule has 110 valence electrons. The summed E-state index contributed by atoms with van der Waals surface area (Å²) < 4.78 is 0. The molecule has 22 heavy (non-hydrogen) atoms. The van der Waals surface area contributed by atoms with Crippen LogP contribution in [0, 0.1) is 0 Å². The molecule has 0 spiro atoms. The molecule has 2 aromatic carbocycles. The number of Topliss-reactive ketones (excluding diaryl/α,β-unsaturated/α-hetero) is 2. The molecule has 0 aliphatic rings. The quantitative estimate of drug-likeness (QED) is 0.570. The van der Waals surface area contributed by atoms with Crippen molar-refractivity contribution in [3.63, 3.8) is 0 Å².